The molecule has 94 valence electrons. The van der Waals surface area contributed by atoms with E-state index in [1.54, 1.807) is 24.3 Å². The molecule has 0 unspecified atom stereocenters. The summed E-state index contributed by atoms with van der Waals surface area (Å²) in [6.07, 6.45) is 0. The van der Waals surface area contributed by atoms with E-state index in [1.807, 2.05) is 0 Å². The number of hydrogen-bond donors (Lipinski definition) is 1. The summed E-state index contributed by atoms with van der Waals surface area (Å²) < 4.78 is 13.8. The van der Waals surface area contributed by atoms with Crippen LogP contribution in [-0.2, 0) is 0 Å². The van der Waals surface area contributed by atoms with Crippen molar-refractivity contribution in [3.63, 3.8) is 0 Å². The fourth-order valence-electron chi connectivity index (χ4n) is 2.19. The molecule has 3 rings (SSSR count). The quantitative estimate of drug-likeness (QED) is 0.648. The van der Waals surface area contributed by atoms with Crippen molar-refractivity contribution < 1.29 is 14.0 Å². The van der Waals surface area contributed by atoms with Crippen LogP contribution in [0.15, 0.2) is 34.8 Å². The molecule has 0 aromatic heterocycles. The van der Waals surface area contributed by atoms with Crippen LogP contribution in [0.4, 0.5) is 10.1 Å². The van der Waals surface area contributed by atoms with Gasteiger partial charge in [-0.2, -0.15) is 0 Å². The Morgan fingerprint density at radius 1 is 1.00 bits per heavy atom. The van der Waals surface area contributed by atoms with E-state index in [-0.39, 0.29) is 38.4 Å². The molecule has 1 aliphatic carbocycles. The van der Waals surface area contributed by atoms with Crippen LogP contribution < -0.4 is 5.73 Å². The van der Waals surface area contributed by atoms with E-state index in [1.165, 1.54) is 0 Å². The number of nitrogen functional groups attached to an aromatic ring is 1. The number of anilines is 1. The van der Waals surface area contributed by atoms with Gasteiger partial charge in [0.05, 0.1) is 15.7 Å². The molecule has 1 aliphatic rings. The standard InChI is InChI=1S/C14H7BrFNO2/c15-11-10-8(5-9(16)12(11)17)13(18)6-3-1-2-4-7(6)14(10)19/h1-5H,17H2. The monoisotopic (exact) mass is 319 g/mol. The summed E-state index contributed by atoms with van der Waals surface area (Å²) in [7, 11) is 0. The van der Waals surface area contributed by atoms with E-state index in [2.05, 4.69) is 15.9 Å². The number of benzene rings is 2. The molecule has 2 N–H and O–H groups in total. The summed E-state index contributed by atoms with van der Waals surface area (Å²) in [6, 6.07) is 7.49. The summed E-state index contributed by atoms with van der Waals surface area (Å²) in [4.78, 5) is 24.7. The van der Waals surface area contributed by atoms with Crippen LogP contribution in [0.3, 0.4) is 0 Å². The molecule has 0 saturated carbocycles. The SMILES string of the molecule is Nc1c(F)cc2c(c1Br)C(=O)c1ccccc1C2=O. The predicted molar refractivity (Wildman–Crippen MR) is 71.8 cm³/mol. The van der Waals surface area contributed by atoms with Crippen molar-refractivity contribution in [3.8, 4) is 0 Å². The van der Waals surface area contributed by atoms with Crippen LogP contribution in [0.1, 0.15) is 31.8 Å². The number of halogens is 2. The number of ketones is 2. The van der Waals surface area contributed by atoms with Gasteiger partial charge in [0.15, 0.2) is 11.6 Å². The molecule has 0 spiro atoms. The lowest BCUT2D eigenvalue weighted by Gasteiger charge is -2.19. The summed E-state index contributed by atoms with van der Waals surface area (Å²) in [6.45, 7) is 0. The minimum Gasteiger partial charge on any atom is -0.395 e. The van der Waals surface area contributed by atoms with E-state index in [9.17, 15) is 14.0 Å². The second-order valence-electron chi connectivity index (χ2n) is 4.21. The third kappa shape index (κ3) is 1.55. The highest BCUT2D eigenvalue weighted by atomic mass is 79.9. The van der Waals surface area contributed by atoms with Crippen LogP contribution in [-0.4, -0.2) is 11.6 Å². The number of fused-ring (bicyclic) bond motifs is 2. The number of rotatable bonds is 0. The van der Waals surface area contributed by atoms with Gasteiger partial charge in [0.2, 0.25) is 0 Å². The Kier molecular flexibility index (Phi) is 2.53. The van der Waals surface area contributed by atoms with Gasteiger partial charge in [-0.1, -0.05) is 24.3 Å². The van der Waals surface area contributed by atoms with Gasteiger partial charge in [0.25, 0.3) is 0 Å². The summed E-state index contributed by atoms with van der Waals surface area (Å²) in [5.74, 6) is -1.42. The summed E-state index contributed by atoms with van der Waals surface area (Å²) in [5, 5.41) is 0. The lowest BCUT2D eigenvalue weighted by molar-refractivity contribution is 0.0978. The van der Waals surface area contributed by atoms with E-state index in [4.69, 9.17) is 5.73 Å². The summed E-state index contributed by atoms with van der Waals surface area (Å²) >= 11 is 3.10. The van der Waals surface area contributed by atoms with Crippen molar-refractivity contribution in [1.82, 2.24) is 0 Å². The predicted octanol–water partition coefficient (Wildman–Crippen LogP) is 2.95. The highest BCUT2D eigenvalue weighted by Gasteiger charge is 2.32. The minimum atomic E-state index is -0.717. The molecule has 5 heteroatoms. The van der Waals surface area contributed by atoms with Gasteiger partial charge < -0.3 is 5.73 Å². The number of carbonyl (C=O) groups is 2. The van der Waals surface area contributed by atoms with Crippen molar-refractivity contribution >= 4 is 33.2 Å². The molecule has 0 fully saturated rings. The molecule has 0 heterocycles. The van der Waals surface area contributed by atoms with Gasteiger partial charge in [-0.25, -0.2) is 4.39 Å². The number of hydrogen-bond acceptors (Lipinski definition) is 3. The molecule has 2 aromatic carbocycles. The Morgan fingerprint density at radius 2 is 1.58 bits per heavy atom. The third-order valence-electron chi connectivity index (χ3n) is 3.14. The van der Waals surface area contributed by atoms with E-state index in [0.29, 0.717) is 5.56 Å². The highest BCUT2D eigenvalue weighted by Crippen LogP contribution is 2.36. The molecule has 0 bridgehead atoms. The minimum absolute atomic E-state index is 0.0438. The molecule has 0 aliphatic heterocycles. The Hall–Kier alpha value is -2.01. The van der Waals surface area contributed by atoms with E-state index < -0.39 is 5.82 Å². The normalized spacial score (nSPS) is 13.2. The van der Waals surface area contributed by atoms with Crippen LogP contribution in [0.25, 0.3) is 0 Å². The van der Waals surface area contributed by atoms with Gasteiger partial charge >= 0.3 is 0 Å². The van der Waals surface area contributed by atoms with Crippen molar-refractivity contribution in [2.45, 2.75) is 0 Å². The zero-order valence-corrected chi connectivity index (χ0v) is 11.1. The summed E-state index contributed by atoms with van der Waals surface area (Å²) in [5.41, 5.74) is 6.15. The molecule has 0 amide bonds. The van der Waals surface area contributed by atoms with Crippen LogP contribution in [0.5, 0.6) is 0 Å². The first kappa shape index (κ1) is 12.0. The van der Waals surface area contributed by atoms with Crippen LogP contribution in [0, 0.1) is 5.82 Å². The van der Waals surface area contributed by atoms with Gasteiger partial charge in [-0.05, 0) is 22.0 Å². The molecule has 0 saturated heterocycles. The Balaban J connectivity index is 2.40. The van der Waals surface area contributed by atoms with Gasteiger partial charge in [-0.15, -0.1) is 0 Å². The second kappa shape index (κ2) is 3.99. The van der Waals surface area contributed by atoms with Crippen LogP contribution >= 0.6 is 15.9 Å². The average Bonchev–Trinajstić information content (AvgIpc) is 2.42. The van der Waals surface area contributed by atoms with Crippen molar-refractivity contribution in [3.05, 3.63) is 62.9 Å². The molecule has 19 heavy (non-hydrogen) atoms. The molecule has 0 atom stereocenters. The zero-order valence-electron chi connectivity index (χ0n) is 9.54. The fraction of sp³-hybridized carbons (Fsp3) is 0. The lowest BCUT2D eigenvalue weighted by atomic mass is 9.84. The molecule has 3 nitrogen and oxygen atoms in total. The Labute approximate surface area is 116 Å². The fourth-order valence-corrected chi connectivity index (χ4v) is 2.78. The Morgan fingerprint density at radius 3 is 2.21 bits per heavy atom. The van der Waals surface area contributed by atoms with Crippen molar-refractivity contribution in [1.29, 1.82) is 0 Å². The maximum Gasteiger partial charge on any atom is 0.195 e. The van der Waals surface area contributed by atoms with Crippen LogP contribution in [0.2, 0.25) is 0 Å². The molecular weight excluding hydrogens is 313 g/mol. The zero-order chi connectivity index (χ0) is 13.7. The Bertz CT molecular complexity index is 755. The number of nitrogens with two attached hydrogens (primary N) is 1. The lowest BCUT2D eigenvalue weighted by Crippen LogP contribution is -2.22. The molecule has 0 radical (unpaired) electrons. The largest absolute Gasteiger partial charge is 0.395 e. The molecular formula is C14H7BrFNO2. The van der Waals surface area contributed by atoms with Gasteiger partial charge in [0.1, 0.15) is 5.82 Å². The maximum atomic E-state index is 13.6. The first-order chi connectivity index (χ1) is 9.02. The smallest absolute Gasteiger partial charge is 0.195 e. The first-order valence-corrected chi connectivity index (χ1v) is 6.27. The average molecular weight is 320 g/mol. The van der Waals surface area contributed by atoms with Crippen molar-refractivity contribution in [2.75, 3.05) is 5.73 Å². The topological polar surface area (TPSA) is 60.2 Å². The molecule has 2 aromatic rings. The van der Waals surface area contributed by atoms with Crippen molar-refractivity contribution in [2.24, 2.45) is 0 Å². The first-order valence-electron chi connectivity index (χ1n) is 5.48. The van der Waals surface area contributed by atoms with E-state index in [0.717, 1.165) is 6.07 Å². The second-order valence-corrected chi connectivity index (χ2v) is 5.01. The van der Waals surface area contributed by atoms with Gasteiger partial charge in [0, 0.05) is 16.7 Å². The van der Waals surface area contributed by atoms with E-state index >= 15 is 0 Å². The van der Waals surface area contributed by atoms with Gasteiger partial charge in [-0.3, -0.25) is 9.59 Å². The third-order valence-corrected chi connectivity index (χ3v) is 3.97. The maximum absolute atomic E-state index is 13.6. The number of carbonyl (C=O) groups excluding carboxylic acids is 2. The highest BCUT2D eigenvalue weighted by molar-refractivity contribution is 9.10.